The van der Waals surface area contributed by atoms with Gasteiger partial charge < -0.3 is 10.1 Å². The Morgan fingerprint density at radius 3 is 2.52 bits per heavy atom. The van der Waals surface area contributed by atoms with Crippen molar-refractivity contribution in [3.05, 3.63) is 46.2 Å². The molecule has 0 saturated carbocycles. The lowest BCUT2D eigenvalue weighted by Crippen LogP contribution is -2.28. The molecule has 21 heavy (non-hydrogen) atoms. The number of ether oxygens (including phenoxy) is 1. The maximum Gasteiger partial charge on any atom is 0.271 e. The van der Waals surface area contributed by atoms with Gasteiger partial charge in [0.05, 0.1) is 12.3 Å². The molecule has 2 aromatic rings. The molecule has 0 spiro atoms. The fourth-order valence-electron chi connectivity index (χ4n) is 2.16. The Hall–Kier alpha value is -2.14. The van der Waals surface area contributed by atoms with Gasteiger partial charge in [0.1, 0.15) is 5.75 Å². The molecule has 0 aliphatic rings. The number of aromatic nitrogens is 2. The summed E-state index contributed by atoms with van der Waals surface area (Å²) in [7, 11) is 1.83. The van der Waals surface area contributed by atoms with Gasteiger partial charge in [0.15, 0.2) is 0 Å². The van der Waals surface area contributed by atoms with E-state index < -0.39 is 0 Å². The average molecular weight is 287 g/mol. The topological polar surface area (TPSA) is 56.1 Å². The van der Waals surface area contributed by atoms with Crippen LogP contribution >= 0.6 is 0 Å². The summed E-state index contributed by atoms with van der Waals surface area (Å²) < 4.78 is 6.94. The predicted octanol–water partition coefficient (Wildman–Crippen LogP) is 2.05. The van der Waals surface area contributed by atoms with E-state index in [4.69, 9.17) is 4.74 Å². The summed E-state index contributed by atoms with van der Waals surface area (Å²) in [5, 5.41) is 7.43. The quantitative estimate of drug-likeness (QED) is 0.883. The molecular weight excluding hydrogens is 266 g/mol. The molecule has 1 aromatic carbocycles. The zero-order valence-electron chi connectivity index (χ0n) is 12.7. The van der Waals surface area contributed by atoms with E-state index in [-0.39, 0.29) is 5.56 Å². The number of benzene rings is 1. The van der Waals surface area contributed by atoms with Crippen molar-refractivity contribution in [2.45, 2.75) is 26.9 Å². The first-order chi connectivity index (χ1) is 10.2. The van der Waals surface area contributed by atoms with Gasteiger partial charge in [-0.15, -0.1) is 0 Å². The third-order valence-electron chi connectivity index (χ3n) is 3.18. The molecule has 5 heteroatoms. The molecule has 0 aliphatic heterocycles. The molecule has 0 fully saturated rings. The Morgan fingerprint density at radius 2 is 1.95 bits per heavy atom. The van der Waals surface area contributed by atoms with Crippen LogP contribution in [0.1, 0.15) is 19.4 Å². The maximum absolute atomic E-state index is 12.2. The van der Waals surface area contributed by atoms with Gasteiger partial charge in [0.2, 0.25) is 0 Å². The van der Waals surface area contributed by atoms with Crippen LogP contribution in [0, 0.1) is 0 Å². The first-order valence-corrected chi connectivity index (χ1v) is 7.18. The highest BCUT2D eigenvalue weighted by Gasteiger charge is 2.08. The van der Waals surface area contributed by atoms with E-state index in [1.54, 1.807) is 0 Å². The molecular formula is C16H21N3O2. The van der Waals surface area contributed by atoms with Crippen molar-refractivity contribution in [1.82, 2.24) is 15.1 Å². The largest absolute Gasteiger partial charge is 0.494 e. The summed E-state index contributed by atoms with van der Waals surface area (Å²) in [6.07, 6.45) is 0. The summed E-state index contributed by atoms with van der Waals surface area (Å²) >= 11 is 0. The molecule has 5 nitrogen and oxygen atoms in total. The molecule has 1 N–H and O–H groups in total. The Bertz CT molecular complexity index is 648. The first kappa shape index (κ1) is 15.3. The minimum Gasteiger partial charge on any atom is -0.494 e. The van der Waals surface area contributed by atoms with Crippen molar-refractivity contribution in [3.63, 3.8) is 0 Å². The Kier molecular flexibility index (Phi) is 5.11. The number of hydrogen-bond donors (Lipinski definition) is 1. The fourth-order valence-corrected chi connectivity index (χ4v) is 2.16. The Balaban J connectivity index is 2.42. The number of nitrogens with one attached hydrogen (secondary N) is 1. The van der Waals surface area contributed by atoms with E-state index in [1.807, 2.05) is 51.2 Å². The van der Waals surface area contributed by atoms with E-state index in [9.17, 15) is 4.79 Å². The highest BCUT2D eigenvalue weighted by Crippen LogP contribution is 2.20. The number of nitrogens with zero attached hydrogens (tertiary/aromatic N) is 2. The van der Waals surface area contributed by atoms with Gasteiger partial charge in [0.25, 0.3) is 5.56 Å². The van der Waals surface area contributed by atoms with Crippen LogP contribution in [0.25, 0.3) is 11.3 Å². The monoisotopic (exact) mass is 287 g/mol. The van der Waals surface area contributed by atoms with E-state index in [0.29, 0.717) is 19.7 Å². The van der Waals surface area contributed by atoms with E-state index in [1.165, 1.54) is 4.68 Å². The minimum absolute atomic E-state index is 0.0402. The lowest BCUT2D eigenvalue weighted by molar-refractivity contribution is 0.340. The lowest BCUT2D eigenvalue weighted by atomic mass is 10.1. The van der Waals surface area contributed by atoms with Crippen LogP contribution in [0.5, 0.6) is 5.75 Å². The second-order valence-corrected chi connectivity index (χ2v) is 4.66. The summed E-state index contributed by atoms with van der Waals surface area (Å²) in [6.45, 7) is 5.60. The number of rotatable bonds is 6. The summed E-state index contributed by atoms with van der Waals surface area (Å²) in [6, 6.07) is 9.60. The molecule has 0 radical (unpaired) electrons. The third-order valence-corrected chi connectivity index (χ3v) is 3.18. The Labute approximate surface area is 124 Å². The molecule has 1 heterocycles. The highest BCUT2D eigenvalue weighted by molar-refractivity contribution is 5.60. The predicted molar refractivity (Wildman–Crippen MR) is 83.5 cm³/mol. The van der Waals surface area contributed by atoms with E-state index in [0.717, 1.165) is 22.6 Å². The molecule has 0 aliphatic carbocycles. The molecule has 1 aromatic heterocycles. The second-order valence-electron chi connectivity index (χ2n) is 4.66. The van der Waals surface area contributed by atoms with Crippen LogP contribution in [-0.2, 0) is 13.1 Å². The molecule has 0 atom stereocenters. The van der Waals surface area contributed by atoms with Crippen molar-refractivity contribution in [2.75, 3.05) is 13.7 Å². The molecule has 0 bridgehead atoms. The number of hydrogen-bond acceptors (Lipinski definition) is 4. The van der Waals surface area contributed by atoms with Gasteiger partial charge in [-0.2, -0.15) is 5.10 Å². The first-order valence-electron chi connectivity index (χ1n) is 7.18. The van der Waals surface area contributed by atoms with E-state index >= 15 is 0 Å². The molecule has 0 amide bonds. The molecule has 0 unspecified atom stereocenters. The molecule has 112 valence electrons. The fraction of sp³-hybridized carbons (Fsp3) is 0.375. The maximum atomic E-state index is 12.2. The van der Waals surface area contributed by atoms with Crippen molar-refractivity contribution < 1.29 is 4.74 Å². The smallest absolute Gasteiger partial charge is 0.271 e. The van der Waals surface area contributed by atoms with Crippen LogP contribution in [-0.4, -0.2) is 23.4 Å². The summed E-state index contributed by atoms with van der Waals surface area (Å²) in [5.41, 5.74) is 2.45. The normalized spacial score (nSPS) is 10.6. The SMILES string of the molecule is CCOc1ccc(-c2cc(CNC)c(=O)n(CC)n2)cc1. The van der Waals surface area contributed by atoms with Gasteiger partial charge in [0, 0.05) is 24.2 Å². The van der Waals surface area contributed by atoms with Gasteiger partial charge in [-0.1, -0.05) is 0 Å². The second kappa shape index (κ2) is 7.04. The average Bonchev–Trinajstić information content (AvgIpc) is 2.51. The van der Waals surface area contributed by atoms with Crippen LogP contribution in [0.15, 0.2) is 35.1 Å². The van der Waals surface area contributed by atoms with Crippen molar-refractivity contribution in [2.24, 2.45) is 0 Å². The van der Waals surface area contributed by atoms with Crippen molar-refractivity contribution >= 4 is 0 Å². The summed E-state index contributed by atoms with van der Waals surface area (Å²) in [5.74, 6) is 0.834. The van der Waals surface area contributed by atoms with Crippen LogP contribution in [0.2, 0.25) is 0 Å². The lowest BCUT2D eigenvalue weighted by Gasteiger charge is -2.10. The number of aryl methyl sites for hydroxylation is 1. The zero-order chi connectivity index (χ0) is 15.2. The van der Waals surface area contributed by atoms with Gasteiger partial charge in [-0.25, -0.2) is 4.68 Å². The van der Waals surface area contributed by atoms with Gasteiger partial charge in [-0.3, -0.25) is 4.79 Å². The van der Waals surface area contributed by atoms with E-state index in [2.05, 4.69) is 10.4 Å². The molecule has 2 rings (SSSR count). The van der Waals surface area contributed by atoms with Crippen LogP contribution < -0.4 is 15.6 Å². The Morgan fingerprint density at radius 1 is 1.24 bits per heavy atom. The standard InChI is InChI=1S/C16H21N3O2/c1-4-19-16(20)13(11-17-3)10-15(18-19)12-6-8-14(9-7-12)21-5-2/h6-10,17H,4-5,11H2,1-3H3. The zero-order valence-corrected chi connectivity index (χ0v) is 12.7. The minimum atomic E-state index is -0.0402. The van der Waals surface area contributed by atoms with Crippen LogP contribution in [0.4, 0.5) is 0 Å². The highest BCUT2D eigenvalue weighted by atomic mass is 16.5. The van der Waals surface area contributed by atoms with Crippen molar-refractivity contribution in [3.8, 4) is 17.0 Å². The van der Waals surface area contributed by atoms with Gasteiger partial charge in [-0.05, 0) is 51.2 Å². The van der Waals surface area contributed by atoms with Crippen LogP contribution in [0.3, 0.4) is 0 Å². The summed E-state index contributed by atoms with van der Waals surface area (Å²) in [4.78, 5) is 12.2. The molecule has 0 saturated heterocycles. The van der Waals surface area contributed by atoms with Gasteiger partial charge >= 0.3 is 0 Å². The third kappa shape index (κ3) is 3.49. The van der Waals surface area contributed by atoms with Crippen molar-refractivity contribution in [1.29, 1.82) is 0 Å².